The van der Waals surface area contributed by atoms with Crippen molar-refractivity contribution >= 4 is 5.82 Å². The van der Waals surface area contributed by atoms with Crippen LogP contribution in [0.15, 0.2) is 48.8 Å². The maximum Gasteiger partial charge on any atom is 0.223 e. The number of fused-ring (bicyclic) bond motifs is 5. The first kappa shape index (κ1) is 17.0. The lowest BCUT2D eigenvalue weighted by Gasteiger charge is -2.36. The Morgan fingerprint density at radius 1 is 1.10 bits per heavy atom. The molecule has 6 heteroatoms. The number of hydrogen-bond donors (Lipinski definition) is 1. The zero-order chi connectivity index (χ0) is 19.4. The van der Waals surface area contributed by atoms with Gasteiger partial charge < -0.3 is 15.0 Å². The predicted octanol–water partition coefficient (Wildman–Crippen LogP) is 3.55. The van der Waals surface area contributed by atoms with Gasteiger partial charge in [-0.05, 0) is 67.1 Å². The highest BCUT2D eigenvalue weighted by atomic mass is 16.5. The van der Waals surface area contributed by atoms with Crippen molar-refractivity contribution in [2.45, 2.75) is 50.4 Å². The van der Waals surface area contributed by atoms with E-state index >= 15 is 0 Å². The van der Waals surface area contributed by atoms with Crippen molar-refractivity contribution in [1.29, 1.82) is 0 Å². The molecule has 2 unspecified atom stereocenters. The van der Waals surface area contributed by atoms with Gasteiger partial charge in [-0.3, -0.25) is 0 Å². The molecule has 1 aromatic carbocycles. The first-order chi connectivity index (χ1) is 14.2. The van der Waals surface area contributed by atoms with Crippen LogP contribution in [-0.4, -0.2) is 39.9 Å². The highest BCUT2D eigenvalue weighted by molar-refractivity contribution is 5.75. The van der Waals surface area contributed by atoms with Crippen LogP contribution in [0.1, 0.15) is 31.2 Å². The summed E-state index contributed by atoms with van der Waals surface area (Å²) in [6.45, 7) is 0.537. The maximum absolute atomic E-state index is 6.08. The normalized spacial score (nSPS) is 24.5. The lowest BCUT2D eigenvalue weighted by atomic mass is 9.97. The molecule has 2 fully saturated rings. The van der Waals surface area contributed by atoms with E-state index in [0.717, 1.165) is 22.9 Å². The molecule has 29 heavy (non-hydrogen) atoms. The third kappa shape index (κ3) is 2.90. The highest BCUT2D eigenvalue weighted by Crippen LogP contribution is 2.39. The minimum Gasteiger partial charge on any atom is -0.472 e. The number of nitrogens with one attached hydrogen (secondary N) is 1. The number of nitrogens with zero attached hydrogens (tertiary/aromatic N) is 4. The van der Waals surface area contributed by atoms with E-state index in [2.05, 4.69) is 52.7 Å². The second-order valence-electron chi connectivity index (χ2n) is 8.48. The van der Waals surface area contributed by atoms with Gasteiger partial charge in [-0.25, -0.2) is 4.68 Å². The number of rotatable bonds is 3. The Morgan fingerprint density at radius 2 is 1.93 bits per heavy atom. The SMILES string of the molecule is CN(c1ccc2c(n1)OCc1cc(-n3cccn3)ccc1-2)C1CC2CCC(C1)N2. The number of hydrogen-bond acceptors (Lipinski definition) is 5. The van der Waals surface area contributed by atoms with Crippen LogP contribution in [0, 0.1) is 0 Å². The van der Waals surface area contributed by atoms with Crippen LogP contribution in [-0.2, 0) is 6.61 Å². The minimum absolute atomic E-state index is 0.537. The fraction of sp³-hybridized carbons (Fsp3) is 0.391. The van der Waals surface area contributed by atoms with Gasteiger partial charge in [0.15, 0.2) is 0 Å². The van der Waals surface area contributed by atoms with Gasteiger partial charge >= 0.3 is 0 Å². The van der Waals surface area contributed by atoms with Crippen molar-refractivity contribution in [3.05, 3.63) is 54.4 Å². The summed E-state index contributed by atoms with van der Waals surface area (Å²) in [4.78, 5) is 7.25. The summed E-state index contributed by atoms with van der Waals surface area (Å²) >= 11 is 0. The molecule has 0 saturated carbocycles. The molecule has 0 aliphatic carbocycles. The molecule has 0 amide bonds. The van der Waals surface area contributed by atoms with Gasteiger partial charge in [0.25, 0.3) is 0 Å². The molecule has 6 rings (SSSR count). The third-order valence-electron chi connectivity index (χ3n) is 6.72. The van der Waals surface area contributed by atoms with Gasteiger partial charge in [0.1, 0.15) is 12.4 Å². The molecule has 148 valence electrons. The van der Waals surface area contributed by atoms with Crippen LogP contribution in [0.3, 0.4) is 0 Å². The number of pyridine rings is 1. The van der Waals surface area contributed by atoms with Gasteiger partial charge in [0, 0.05) is 43.1 Å². The Bertz CT molecular complexity index is 1040. The molecule has 3 aliphatic heterocycles. The Balaban J connectivity index is 1.29. The summed E-state index contributed by atoms with van der Waals surface area (Å²) in [6.07, 6.45) is 8.77. The molecule has 3 aliphatic rings. The van der Waals surface area contributed by atoms with Crippen LogP contribution >= 0.6 is 0 Å². The quantitative estimate of drug-likeness (QED) is 0.745. The van der Waals surface area contributed by atoms with Gasteiger partial charge in [0.05, 0.1) is 5.69 Å². The standard InChI is InChI=1S/C23H25N5O/c1-27(19-12-16-3-4-17(13-19)25-16)22-8-7-21-20-6-5-18(28-10-2-9-24-28)11-15(20)14-29-23(21)26-22/h2,5-11,16-17,19,25H,3-4,12-14H2,1H3. The number of benzene rings is 1. The fourth-order valence-electron chi connectivity index (χ4n) is 5.15. The molecule has 2 atom stereocenters. The van der Waals surface area contributed by atoms with E-state index in [1.54, 1.807) is 6.20 Å². The van der Waals surface area contributed by atoms with Crippen molar-refractivity contribution in [2.75, 3.05) is 11.9 Å². The molecule has 2 aromatic heterocycles. The van der Waals surface area contributed by atoms with Crippen molar-refractivity contribution < 1.29 is 4.74 Å². The summed E-state index contributed by atoms with van der Waals surface area (Å²) in [7, 11) is 2.18. The van der Waals surface area contributed by atoms with E-state index in [1.165, 1.54) is 36.8 Å². The van der Waals surface area contributed by atoms with E-state index < -0.39 is 0 Å². The molecule has 3 aromatic rings. The van der Waals surface area contributed by atoms with Gasteiger partial charge in [-0.1, -0.05) is 6.07 Å². The molecular formula is C23H25N5O. The number of ether oxygens (including phenoxy) is 1. The fourth-order valence-corrected chi connectivity index (χ4v) is 5.15. The first-order valence-electron chi connectivity index (χ1n) is 10.5. The number of anilines is 1. The molecule has 0 radical (unpaired) electrons. The summed E-state index contributed by atoms with van der Waals surface area (Å²) < 4.78 is 7.95. The van der Waals surface area contributed by atoms with Crippen LogP contribution in [0.25, 0.3) is 16.8 Å². The third-order valence-corrected chi connectivity index (χ3v) is 6.72. The number of piperidine rings is 1. The minimum atomic E-state index is 0.537. The molecule has 1 N–H and O–H groups in total. The molecule has 2 bridgehead atoms. The van der Waals surface area contributed by atoms with E-state index in [4.69, 9.17) is 9.72 Å². The topological polar surface area (TPSA) is 55.2 Å². The molecular weight excluding hydrogens is 362 g/mol. The van der Waals surface area contributed by atoms with Gasteiger partial charge in [-0.15, -0.1) is 0 Å². The number of aromatic nitrogens is 3. The lowest BCUT2D eigenvalue weighted by molar-refractivity contribution is 0.289. The first-order valence-corrected chi connectivity index (χ1v) is 10.5. The highest BCUT2D eigenvalue weighted by Gasteiger charge is 2.35. The Hall–Kier alpha value is -2.86. The van der Waals surface area contributed by atoms with E-state index in [1.807, 2.05) is 16.9 Å². The van der Waals surface area contributed by atoms with Crippen LogP contribution in [0.5, 0.6) is 5.88 Å². The average molecular weight is 387 g/mol. The predicted molar refractivity (Wildman–Crippen MR) is 112 cm³/mol. The lowest BCUT2D eigenvalue weighted by Crippen LogP contribution is -2.47. The second-order valence-corrected chi connectivity index (χ2v) is 8.48. The van der Waals surface area contributed by atoms with Crippen LogP contribution < -0.4 is 15.0 Å². The Labute approximate surface area is 170 Å². The Morgan fingerprint density at radius 3 is 2.72 bits per heavy atom. The van der Waals surface area contributed by atoms with Crippen molar-refractivity contribution in [3.8, 4) is 22.7 Å². The summed E-state index contributed by atoms with van der Waals surface area (Å²) in [5.74, 6) is 1.75. The second kappa shape index (κ2) is 6.59. The van der Waals surface area contributed by atoms with E-state index in [0.29, 0.717) is 24.7 Å². The average Bonchev–Trinajstić information content (AvgIpc) is 3.42. The molecule has 0 spiro atoms. The molecule has 6 nitrogen and oxygen atoms in total. The smallest absolute Gasteiger partial charge is 0.223 e. The summed E-state index contributed by atoms with van der Waals surface area (Å²) in [6, 6.07) is 14.5. The Kier molecular flexibility index (Phi) is 3.87. The van der Waals surface area contributed by atoms with Crippen molar-refractivity contribution in [1.82, 2.24) is 20.1 Å². The molecule has 2 saturated heterocycles. The molecule has 5 heterocycles. The largest absolute Gasteiger partial charge is 0.472 e. The van der Waals surface area contributed by atoms with Gasteiger partial charge in [0.2, 0.25) is 5.88 Å². The van der Waals surface area contributed by atoms with E-state index in [9.17, 15) is 0 Å². The van der Waals surface area contributed by atoms with Crippen LogP contribution in [0.4, 0.5) is 5.82 Å². The summed E-state index contributed by atoms with van der Waals surface area (Å²) in [5, 5.41) is 8.05. The monoisotopic (exact) mass is 387 g/mol. The van der Waals surface area contributed by atoms with Gasteiger partial charge in [-0.2, -0.15) is 10.1 Å². The van der Waals surface area contributed by atoms with Crippen molar-refractivity contribution in [3.63, 3.8) is 0 Å². The van der Waals surface area contributed by atoms with Crippen molar-refractivity contribution in [2.24, 2.45) is 0 Å². The zero-order valence-corrected chi connectivity index (χ0v) is 16.6. The van der Waals surface area contributed by atoms with E-state index in [-0.39, 0.29) is 0 Å². The zero-order valence-electron chi connectivity index (χ0n) is 16.6. The maximum atomic E-state index is 6.08. The van der Waals surface area contributed by atoms with Crippen LogP contribution in [0.2, 0.25) is 0 Å². The summed E-state index contributed by atoms with van der Waals surface area (Å²) in [5.41, 5.74) is 4.48.